The van der Waals surface area contributed by atoms with Crippen molar-refractivity contribution in [2.24, 2.45) is 17.6 Å². The largest absolute Gasteiger partial charge is 0.492 e. The monoisotopic (exact) mass is 469 g/mol. The van der Waals surface area contributed by atoms with Crippen LogP contribution in [0.25, 0.3) is 0 Å². The predicted octanol–water partition coefficient (Wildman–Crippen LogP) is 3.42. The number of anilines is 1. The first-order chi connectivity index (χ1) is 16.3. The Morgan fingerprint density at radius 3 is 2.50 bits per heavy atom. The average molecular weight is 470 g/mol. The van der Waals surface area contributed by atoms with E-state index in [1.54, 1.807) is 36.2 Å². The van der Waals surface area contributed by atoms with Gasteiger partial charge in [0.15, 0.2) is 11.6 Å². The van der Waals surface area contributed by atoms with Gasteiger partial charge in [0, 0.05) is 44.5 Å². The molecule has 4 rings (SSSR count). The summed E-state index contributed by atoms with van der Waals surface area (Å²) in [6, 6.07) is 12.0. The van der Waals surface area contributed by atoms with Crippen LogP contribution in [0.4, 0.5) is 19.3 Å². The quantitative estimate of drug-likeness (QED) is 0.648. The lowest BCUT2D eigenvalue weighted by Crippen LogP contribution is -2.56. The van der Waals surface area contributed by atoms with Crippen LogP contribution >= 0.6 is 0 Å². The van der Waals surface area contributed by atoms with Crippen molar-refractivity contribution < 1.29 is 18.3 Å². The van der Waals surface area contributed by atoms with Crippen LogP contribution in [0.15, 0.2) is 42.5 Å². The van der Waals surface area contributed by atoms with Crippen LogP contribution in [-0.4, -0.2) is 61.2 Å². The molecule has 1 saturated heterocycles. The number of nitriles is 1. The molecule has 0 aromatic heterocycles. The molecule has 2 aliphatic rings. The van der Waals surface area contributed by atoms with E-state index < -0.39 is 11.6 Å². The van der Waals surface area contributed by atoms with Gasteiger partial charge in [-0.2, -0.15) is 5.26 Å². The Labute approximate surface area is 198 Å². The van der Waals surface area contributed by atoms with Crippen molar-refractivity contribution in [3.05, 3.63) is 59.7 Å². The molecule has 1 saturated carbocycles. The molecular formula is C25H29F2N5O2. The second-order valence-corrected chi connectivity index (χ2v) is 9.18. The smallest absolute Gasteiger partial charge is 0.321 e. The molecule has 3 N–H and O–H groups in total. The standard InChI is InChI=1S/C25H29F2N5O2/c1-31(25(33)30-20-6-9-22(26)23(27)10-20)24-17-4-5-18(24)13-32(12-17)14-19(29)15-34-21-7-2-16(11-28)3-8-21/h2-3,6-10,17-19,24H,4-5,12-15,29H2,1H3,(H,30,33). The molecule has 1 aliphatic heterocycles. The van der Waals surface area contributed by atoms with Gasteiger partial charge in [-0.15, -0.1) is 0 Å². The first kappa shape index (κ1) is 23.9. The summed E-state index contributed by atoms with van der Waals surface area (Å²) >= 11 is 0. The number of hydrogen-bond acceptors (Lipinski definition) is 5. The van der Waals surface area contributed by atoms with Crippen LogP contribution in [0.5, 0.6) is 5.75 Å². The summed E-state index contributed by atoms with van der Waals surface area (Å²) in [5.74, 6) is -0.607. The van der Waals surface area contributed by atoms with Crippen molar-refractivity contribution in [1.82, 2.24) is 9.80 Å². The Morgan fingerprint density at radius 2 is 1.88 bits per heavy atom. The fourth-order valence-corrected chi connectivity index (χ4v) is 5.21. The number of likely N-dealkylation sites (tertiary alicyclic amines) is 1. The molecule has 9 heteroatoms. The van der Waals surface area contributed by atoms with E-state index in [-0.39, 0.29) is 23.8 Å². The molecule has 2 fully saturated rings. The van der Waals surface area contributed by atoms with Crippen LogP contribution in [0, 0.1) is 34.8 Å². The molecule has 2 amide bonds. The number of fused-ring (bicyclic) bond motifs is 2. The third-order valence-electron chi connectivity index (χ3n) is 6.74. The van der Waals surface area contributed by atoms with Crippen LogP contribution in [0.3, 0.4) is 0 Å². The number of urea groups is 1. The van der Waals surface area contributed by atoms with E-state index in [1.807, 2.05) is 0 Å². The average Bonchev–Trinajstić information content (AvgIpc) is 3.09. The molecule has 3 atom stereocenters. The first-order valence-electron chi connectivity index (χ1n) is 11.4. The Hall–Kier alpha value is -3.22. The van der Waals surface area contributed by atoms with Crippen LogP contribution in [0.2, 0.25) is 0 Å². The van der Waals surface area contributed by atoms with E-state index in [4.69, 9.17) is 15.7 Å². The van der Waals surface area contributed by atoms with E-state index in [0.29, 0.717) is 36.3 Å². The number of ether oxygens (including phenoxy) is 1. The number of nitrogens with two attached hydrogens (primary N) is 1. The maximum Gasteiger partial charge on any atom is 0.321 e. The van der Waals surface area contributed by atoms with Gasteiger partial charge in [0.05, 0.1) is 17.7 Å². The third kappa shape index (κ3) is 5.46. The zero-order chi connectivity index (χ0) is 24.2. The van der Waals surface area contributed by atoms with E-state index in [2.05, 4.69) is 16.3 Å². The molecule has 7 nitrogen and oxygen atoms in total. The van der Waals surface area contributed by atoms with Gasteiger partial charge in [-0.05, 0) is 61.1 Å². The van der Waals surface area contributed by atoms with Gasteiger partial charge in [-0.1, -0.05) is 0 Å². The Balaban J connectivity index is 1.28. The van der Waals surface area contributed by atoms with Gasteiger partial charge in [0.2, 0.25) is 0 Å². The number of rotatable bonds is 7. The van der Waals surface area contributed by atoms with E-state index in [0.717, 1.165) is 38.1 Å². The molecule has 2 aromatic rings. The highest BCUT2D eigenvalue weighted by atomic mass is 19.2. The van der Waals surface area contributed by atoms with Gasteiger partial charge in [-0.25, -0.2) is 13.6 Å². The van der Waals surface area contributed by atoms with Crippen LogP contribution < -0.4 is 15.8 Å². The topological polar surface area (TPSA) is 94.6 Å². The number of hydrogen-bond donors (Lipinski definition) is 2. The second-order valence-electron chi connectivity index (χ2n) is 9.18. The molecule has 34 heavy (non-hydrogen) atoms. The summed E-state index contributed by atoms with van der Waals surface area (Å²) in [5.41, 5.74) is 7.13. The SMILES string of the molecule is CN(C(=O)Nc1ccc(F)c(F)c1)C1C2CCC1CN(CC(N)COc1ccc(C#N)cc1)C2. The number of amides is 2. The number of nitrogens with zero attached hydrogens (tertiary/aromatic N) is 3. The number of benzene rings is 2. The minimum Gasteiger partial charge on any atom is -0.492 e. The molecule has 180 valence electrons. The zero-order valence-electron chi connectivity index (χ0n) is 19.1. The first-order valence-corrected chi connectivity index (χ1v) is 11.4. The van der Waals surface area contributed by atoms with Crippen LogP contribution in [0.1, 0.15) is 18.4 Å². The Bertz CT molecular complexity index is 1040. The van der Waals surface area contributed by atoms with Crippen LogP contribution in [-0.2, 0) is 0 Å². The summed E-state index contributed by atoms with van der Waals surface area (Å²) in [4.78, 5) is 16.8. The minimum absolute atomic E-state index is 0.0904. The van der Waals surface area contributed by atoms with E-state index in [9.17, 15) is 13.6 Å². The number of carbonyl (C=O) groups excluding carboxylic acids is 1. The minimum atomic E-state index is -0.992. The van der Waals surface area contributed by atoms with Crippen molar-refractivity contribution >= 4 is 11.7 Å². The molecular weight excluding hydrogens is 440 g/mol. The lowest BCUT2D eigenvalue weighted by molar-refractivity contribution is 0.0734. The van der Waals surface area contributed by atoms with Crippen molar-refractivity contribution in [1.29, 1.82) is 5.26 Å². The van der Waals surface area contributed by atoms with Crippen molar-refractivity contribution in [2.75, 3.05) is 38.6 Å². The predicted molar refractivity (Wildman–Crippen MR) is 124 cm³/mol. The van der Waals surface area contributed by atoms with Gasteiger partial charge < -0.3 is 25.6 Å². The third-order valence-corrected chi connectivity index (χ3v) is 6.74. The van der Waals surface area contributed by atoms with Gasteiger partial charge in [-0.3, -0.25) is 0 Å². The number of nitrogens with one attached hydrogen (secondary N) is 1. The summed E-state index contributed by atoms with van der Waals surface area (Å²) in [6.07, 6.45) is 2.07. The summed E-state index contributed by atoms with van der Waals surface area (Å²) in [7, 11) is 1.76. The number of carbonyl (C=O) groups is 1. The van der Waals surface area contributed by atoms with Crippen molar-refractivity contribution in [2.45, 2.75) is 24.9 Å². The summed E-state index contributed by atoms with van der Waals surface area (Å²) in [5, 5.41) is 11.5. The summed E-state index contributed by atoms with van der Waals surface area (Å²) < 4.78 is 32.4. The Morgan fingerprint density at radius 1 is 1.21 bits per heavy atom. The second kappa shape index (κ2) is 10.4. The molecule has 1 aliphatic carbocycles. The lowest BCUT2D eigenvalue weighted by atomic mass is 9.91. The molecule has 0 spiro atoms. The number of piperidine rings is 1. The fourth-order valence-electron chi connectivity index (χ4n) is 5.21. The zero-order valence-corrected chi connectivity index (χ0v) is 19.1. The lowest BCUT2D eigenvalue weighted by Gasteiger charge is -2.42. The summed E-state index contributed by atoms with van der Waals surface area (Å²) in [6.45, 7) is 2.75. The molecule has 0 radical (unpaired) electrons. The molecule has 3 unspecified atom stereocenters. The molecule has 2 aromatic carbocycles. The normalized spacial score (nSPS) is 22.6. The number of halogens is 2. The highest BCUT2D eigenvalue weighted by Gasteiger charge is 2.45. The van der Waals surface area contributed by atoms with Gasteiger partial charge in [0.25, 0.3) is 0 Å². The maximum atomic E-state index is 13.5. The maximum absolute atomic E-state index is 13.5. The van der Waals surface area contributed by atoms with Crippen molar-refractivity contribution in [3.8, 4) is 11.8 Å². The fraction of sp³-hybridized carbons (Fsp3) is 0.440. The molecule has 2 bridgehead atoms. The Kier molecular flexibility index (Phi) is 7.29. The van der Waals surface area contributed by atoms with E-state index >= 15 is 0 Å². The van der Waals surface area contributed by atoms with E-state index in [1.165, 1.54) is 6.07 Å². The van der Waals surface area contributed by atoms with Gasteiger partial charge >= 0.3 is 6.03 Å². The van der Waals surface area contributed by atoms with Gasteiger partial charge in [0.1, 0.15) is 12.4 Å². The highest BCUT2D eigenvalue weighted by molar-refractivity contribution is 5.89. The molecule has 1 heterocycles. The highest BCUT2D eigenvalue weighted by Crippen LogP contribution is 2.39. The van der Waals surface area contributed by atoms with Crippen molar-refractivity contribution in [3.63, 3.8) is 0 Å².